The third-order valence-electron chi connectivity index (χ3n) is 3.21. The number of aromatic nitrogens is 1. The Balaban J connectivity index is 1.92. The Labute approximate surface area is 141 Å². The van der Waals surface area contributed by atoms with Crippen LogP contribution in [0.25, 0.3) is 0 Å². The van der Waals surface area contributed by atoms with Crippen LogP contribution in [0, 0.1) is 0 Å². The molecule has 0 aliphatic heterocycles. The first-order chi connectivity index (χ1) is 11.0. The fourth-order valence-electron chi connectivity index (χ4n) is 2.02. The number of nitrogens with zero attached hydrogens (tertiary/aromatic N) is 2. The summed E-state index contributed by atoms with van der Waals surface area (Å²) < 4.78 is 0. The lowest BCUT2D eigenvalue weighted by atomic mass is 10.2. The van der Waals surface area contributed by atoms with Crippen molar-refractivity contribution in [3.8, 4) is 0 Å². The molecule has 2 rings (SSSR count). The average Bonchev–Trinajstić information content (AvgIpc) is 2.54. The highest BCUT2D eigenvalue weighted by Gasteiger charge is 2.08. The van der Waals surface area contributed by atoms with Crippen molar-refractivity contribution in [1.29, 1.82) is 0 Å². The molecule has 1 heterocycles. The van der Waals surface area contributed by atoms with Crippen LogP contribution in [0.4, 0.5) is 11.4 Å². The summed E-state index contributed by atoms with van der Waals surface area (Å²) in [6.07, 6.45) is 2.66. The molecular weight excluding hydrogens is 312 g/mol. The van der Waals surface area contributed by atoms with Gasteiger partial charge in [-0.1, -0.05) is 11.6 Å². The first kappa shape index (κ1) is 17.2. The molecule has 0 radical (unpaired) electrons. The lowest BCUT2D eigenvalue weighted by Crippen LogP contribution is -2.17. The highest BCUT2D eigenvalue weighted by atomic mass is 35.5. The maximum atomic E-state index is 12.2. The fraction of sp³-hybridized carbons (Fsp3) is 0.294. The van der Waals surface area contributed by atoms with E-state index in [0.717, 1.165) is 25.2 Å². The first-order valence-electron chi connectivity index (χ1n) is 7.46. The van der Waals surface area contributed by atoms with Gasteiger partial charge in [-0.2, -0.15) is 0 Å². The number of amides is 1. The van der Waals surface area contributed by atoms with Crippen molar-refractivity contribution in [3.05, 3.63) is 53.3 Å². The van der Waals surface area contributed by atoms with E-state index in [0.29, 0.717) is 16.4 Å². The topological polar surface area (TPSA) is 57.3 Å². The molecule has 0 saturated heterocycles. The molecule has 1 amide bonds. The highest BCUT2D eigenvalue weighted by molar-refractivity contribution is 6.30. The van der Waals surface area contributed by atoms with Gasteiger partial charge in [0.05, 0.1) is 0 Å². The number of halogens is 1. The van der Waals surface area contributed by atoms with E-state index in [9.17, 15) is 4.79 Å². The summed E-state index contributed by atoms with van der Waals surface area (Å²) in [4.78, 5) is 18.5. The number of rotatable bonds is 7. The molecule has 0 fully saturated rings. The van der Waals surface area contributed by atoms with Crippen LogP contribution in [0.2, 0.25) is 5.02 Å². The SMILES string of the molecule is CN(C)CCCNc1ccnc(C(=O)Nc2ccc(Cl)cc2)c1. The Kier molecular flexibility index (Phi) is 6.38. The van der Waals surface area contributed by atoms with Gasteiger partial charge in [0.15, 0.2) is 0 Å². The van der Waals surface area contributed by atoms with E-state index in [4.69, 9.17) is 11.6 Å². The Morgan fingerprint density at radius 3 is 2.61 bits per heavy atom. The highest BCUT2D eigenvalue weighted by Crippen LogP contribution is 2.15. The molecule has 0 spiro atoms. The lowest BCUT2D eigenvalue weighted by molar-refractivity contribution is 0.102. The zero-order chi connectivity index (χ0) is 16.7. The zero-order valence-electron chi connectivity index (χ0n) is 13.3. The van der Waals surface area contributed by atoms with Gasteiger partial charge in [-0.25, -0.2) is 0 Å². The average molecular weight is 333 g/mol. The predicted molar refractivity (Wildman–Crippen MR) is 95.3 cm³/mol. The molecule has 0 aliphatic carbocycles. The summed E-state index contributed by atoms with van der Waals surface area (Å²) >= 11 is 5.83. The maximum absolute atomic E-state index is 12.2. The van der Waals surface area contributed by atoms with Gasteiger partial charge in [0, 0.05) is 29.1 Å². The Morgan fingerprint density at radius 2 is 1.91 bits per heavy atom. The number of hydrogen-bond acceptors (Lipinski definition) is 4. The normalized spacial score (nSPS) is 10.6. The zero-order valence-corrected chi connectivity index (χ0v) is 14.1. The molecular formula is C17H21ClN4O. The van der Waals surface area contributed by atoms with Gasteiger partial charge < -0.3 is 15.5 Å². The van der Waals surface area contributed by atoms with E-state index >= 15 is 0 Å². The molecule has 0 bridgehead atoms. The molecule has 0 aliphatic rings. The van der Waals surface area contributed by atoms with Gasteiger partial charge >= 0.3 is 0 Å². The summed E-state index contributed by atoms with van der Waals surface area (Å²) in [6.45, 7) is 1.86. The minimum Gasteiger partial charge on any atom is -0.385 e. The van der Waals surface area contributed by atoms with Crippen molar-refractivity contribution in [3.63, 3.8) is 0 Å². The number of carbonyl (C=O) groups is 1. The molecule has 1 aromatic carbocycles. The maximum Gasteiger partial charge on any atom is 0.274 e. The molecule has 2 N–H and O–H groups in total. The number of carbonyl (C=O) groups excluding carboxylic acids is 1. The van der Waals surface area contributed by atoms with Crippen molar-refractivity contribution in [1.82, 2.24) is 9.88 Å². The second kappa shape index (κ2) is 8.50. The third-order valence-corrected chi connectivity index (χ3v) is 3.46. The number of benzene rings is 1. The van der Waals surface area contributed by atoms with Crippen LogP contribution < -0.4 is 10.6 Å². The molecule has 0 unspecified atom stereocenters. The summed E-state index contributed by atoms with van der Waals surface area (Å²) in [5.74, 6) is -0.246. The second-order valence-electron chi connectivity index (χ2n) is 5.47. The van der Waals surface area contributed by atoms with E-state index in [-0.39, 0.29) is 5.91 Å². The minimum absolute atomic E-state index is 0.246. The Morgan fingerprint density at radius 1 is 1.17 bits per heavy atom. The van der Waals surface area contributed by atoms with Gasteiger partial charge in [-0.05, 0) is 63.5 Å². The van der Waals surface area contributed by atoms with Gasteiger partial charge in [0.1, 0.15) is 5.69 Å². The molecule has 2 aromatic rings. The van der Waals surface area contributed by atoms with Crippen molar-refractivity contribution >= 4 is 28.9 Å². The summed E-state index contributed by atoms with van der Waals surface area (Å²) in [5.41, 5.74) is 1.95. The number of nitrogens with one attached hydrogen (secondary N) is 2. The van der Waals surface area contributed by atoms with E-state index < -0.39 is 0 Å². The minimum atomic E-state index is -0.246. The molecule has 0 atom stereocenters. The number of pyridine rings is 1. The van der Waals surface area contributed by atoms with Crippen LogP contribution in [0.15, 0.2) is 42.6 Å². The second-order valence-corrected chi connectivity index (χ2v) is 5.91. The molecule has 0 saturated carbocycles. The molecule has 122 valence electrons. The van der Waals surface area contributed by atoms with Crippen molar-refractivity contribution in [2.24, 2.45) is 0 Å². The van der Waals surface area contributed by atoms with Crippen LogP contribution in [0.5, 0.6) is 0 Å². The largest absolute Gasteiger partial charge is 0.385 e. The summed E-state index contributed by atoms with van der Waals surface area (Å²) in [6, 6.07) is 10.6. The Bertz CT molecular complexity index is 643. The van der Waals surface area contributed by atoms with E-state index in [2.05, 4.69) is 20.5 Å². The molecule has 6 heteroatoms. The molecule has 1 aromatic heterocycles. The van der Waals surface area contributed by atoms with Crippen LogP contribution in [-0.2, 0) is 0 Å². The van der Waals surface area contributed by atoms with Crippen LogP contribution in [-0.4, -0.2) is 43.0 Å². The van der Waals surface area contributed by atoms with Crippen molar-refractivity contribution in [2.45, 2.75) is 6.42 Å². The van der Waals surface area contributed by atoms with Gasteiger partial charge in [-0.3, -0.25) is 9.78 Å². The first-order valence-corrected chi connectivity index (χ1v) is 7.84. The Hall–Kier alpha value is -2.11. The van der Waals surface area contributed by atoms with E-state index in [1.807, 2.05) is 20.2 Å². The lowest BCUT2D eigenvalue weighted by Gasteiger charge is -2.11. The smallest absolute Gasteiger partial charge is 0.274 e. The van der Waals surface area contributed by atoms with Gasteiger partial charge in [0.25, 0.3) is 5.91 Å². The van der Waals surface area contributed by atoms with Gasteiger partial charge in [0.2, 0.25) is 0 Å². The van der Waals surface area contributed by atoms with Crippen LogP contribution >= 0.6 is 11.6 Å². The molecule has 5 nitrogen and oxygen atoms in total. The number of hydrogen-bond donors (Lipinski definition) is 2. The van der Waals surface area contributed by atoms with Crippen LogP contribution in [0.1, 0.15) is 16.9 Å². The fourth-order valence-corrected chi connectivity index (χ4v) is 2.15. The molecule has 23 heavy (non-hydrogen) atoms. The quantitative estimate of drug-likeness (QED) is 0.763. The number of anilines is 2. The third kappa shape index (κ3) is 5.88. The summed E-state index contributed by atoms with van der Waals surface area (Å²) in [7, 11) is 4.09. The predicted octanol–water partition coefficient (Wildman–Crippen LogP) is 3.35. The van der Waals surface area contributed by atoms with Gasteiger partial charge in [-0.15, -0.1) is 0 Å². The standard InChI is InChI=1S/C17H21ClN4O/c1-22(2)11-3-9-19-15-8-10-20-16(12-15)17(23)21-14-6-4-13(18)5-7-14/h4-8,10,12H,3,9,11H2,1-2H3,(H,19,20)(H,21,23). The van der Waals surface area contributed by atoms with Crippen molar-refractivity contribution in [2.75, 3.05) is 37.8 Å². The van der Waals surface area contributed by atoms with Crippen molar-refractivity contribution < 1.29 is 4.79 Å². The van der Waals surface area contributed by atoms with E-state index in [1.165, 1.54) is 0 Å². The summed E-state index contributed by atoms with van der Waals surface area (Å²) in [5, 5.41) is 6.73. The van der Waals surface area contributed by atoms with E-state index in [1.54, 1.807) is 36.5 Å². The monoisotopic (exact) mass is 332 g/mol. The van der Waals surface area contributed by atoms with Crippen LogP contribution in [0.3, 0.4) is 0 Å².